The van der Waals surface area contributed by atoms with Gasteiger partial charge in [0.15, 0.2) is 0 Å². The third-order valence-electron chi connectivity index (χ3n) is 4.95. The van der Waals surface area contributed by atoms with E-state index in [2.05, 4.69) is 46.3 Å². The summed E-state index contributed by atoms with van der Waals surface area (Å²) in [6, 6.07) is 9.67. The van der Waals surface area contributed by atoms with Gasteiger partial charge in [-0.15, -0.1) is 0 Å². The van der Waals surface area contributed by atoms with Crippen molar-refractivity contribution in [1.82, 2.24) is 10.2 Å². The van der Waals surface area contributed by atoms with Crippen LogP contribution in [0.3, 0.4) is 0 Å². The maximum Gasteiger partial charge on any atom is 0.0369 e. The van der Waals surface area contributed by atoms with Gasteiger partial charge in [-0.2, -0.15) is 0 Å². The van der Waals surface area contributed by atoms with Crippen molar-refractivity contribution in [2.75, 3.05) is 44.2 Å². The Morgan fingerprint density at radius 3 is 2.71 bits per heavy atom. The summed E-state index contributed by atoms with van der Waals surface area (Å²) in [5.41, 5.74) is 2.75. The summed E-state index contributed by atoms with van der Waals surface area (Å²) in [5.74, 6) is 0. The van der Waals surface area contributed by atoms with Gasteiger partial charge in [-0.05, 0) is 57.0 Å². The highest BCUT2D eigenvalue weighted by atomic mass is 15.3. The van der Waals surface area contributed by atoms with E-state index in [1.54, 1.807) is 0 Å². The van der Waals surface area contributed by atoms with Gasteiger partial charge in [0.2, 0.25) is 0 Å². The molecular formula is C18H29N3. The van der Waals surface area contributed by atoms with E-state index in [4.69, 9.17) is 0 Å². The highest BCUT2D eigenvalue weighted by Gasteiger charge is 2.19. The SMILES string of the molecule is Cc1cccc(N2CCN(CCC3CCCCN3)CC2)c1. The minimum absolute atomic E-state index is 0.772. The van der Waals surface area contributed by atoms with Crippen molar-refractivity contribution in [3.8, 4) is 0 Å². The molecule has 2 saturated heterocycles. The summed E-state index contributed by atoms with van der Waals surface area (Å²) in [7, 11) is 0. The van der Waals surface area contributed by atoms with Crippen LogP contribution in [0.2, 0.25) is 0 Å². The molecule has 2 aliphatic heterocycles. The molecule has 1 N–H and O–H groups in total. The molecule has 2 fully saturated rings. The molecule has 2 heterocycles. The molecule has 116 valence electrons. The Morgan fingerprint density at radius 2 is 2.00 bits per heavy atom. The highest BCUT2D eigenvalue weighted by Crippen LogP contribution is 2.18. The molecule has 3 rings (SSSR count). The van der Waals surface area contributed by atoms with Crippen LogP contribution in [-0.4, -0.2) is 50.2 Å². The fourth-order valence-electron chi connectivity index (χ4n) is 3.56. The first-order valence-electron chi connectivity index (χ1n) is 8.58. The van der Waals surface area contributed by atoms with Gasteiger partial charge >= 0.3 is 0 Å². The van der Waals surface area contributed by atoms with Crippen molar-refractivity contribution >= 4 is 5.69 Å². The van der Waals surface area contributed by atoms with Gasteiger partial charge in [-0.25, -0.2) is 0 Å². The number of hydrogen-bond acceptors (Lipinski definition) is 3. The summed E-state index contributed by atoms with van der Waals surface area (Å²) in [5, 5.41) is 3.66. The van der Waals surface area contributed by atoms with Crippen LogP contribution < -0.4 is 10.2 Å². The minimum atomic E-state index is 0.772. The van der Waals surface area contributed by atoms with E-state index in [1.807, 2.05) is 0 Å². The number of anilines is 1. The van der Waals surface area contributed by atoms with Crippen LogP contribution in [0.4, 0.5) is 5.69 Å². The number of nitrogens with zero attached hydrogens (tertiary/aromatic N) is 2. The van der Waals surface area contributed by atoms with Gasteiger partial charge in [-0.1, -0.05) is 18.6 Å². The predicted octanol–water partition coefficient (Wildman–Crippen LogP) is 2.65. The average Bonchev–Trinajstić information content (AvgIpc) is 2.54. The number of hydrogen-bond donors (Lipinski definition) is 1. The second kappa shape index (κ2) is 7.28. The molecule has 0 bridgehead atoms. The van der Waals surface area contributed by atoms with Crippen molar-refractivity contribution in [3.63, 3.8) is 0 Å². The van der Waals surface area contributed by atoms with Crippen LogP contribution >= 0.6 is 0 Å². The molecule has 1 unspecified atom stereocenters. The lowest BCUT2D eigenvalue weighted by Gasteiger charge is -2.37. The molecule has 3 nitrogen and oxygen atoms in total. The lowest BCUT2D eigenvalue weighted by atomic mass is 10.0. The van der Waals surface area contributed by atoms with E-state index in [0.29, 0.717) is 0 Å². The number of rotatable bonds is 4. The molecule has 0 aliphatic carbocycles. The van der Waals surface area contributed by atoms with E-state index in [-0.39, 0.29) is 0 Å². The molecule has 1 aromatic carbocycles. The highest BCUT2D eigenvalue weighted by molar-refractivity contribution is 5.48. The Hall–Kier alpha value is -1.06. The lowest BCUT2D eigenvalue weighted by Crippen LogP contribution is -2.48. The Balaban J connectivity index is 1.42. The molecule has 3 heteroatoms. The van der Waals surface area contributed by atoms with Crippen LogP contribution in [0, 0.1) is 6.92 Å². The monoisotopic (exact) mass is 287 g/mol. The Bertz CT molecular complexity index is 432. The summed E-state index contributed by atoms with van der Waals surface area (Å²) in [6.45, 7) is 9.42. The first kappa shape index (κ1) is 14.9. The lowest BCUT2D eigenvalue weighted by molar-refractivity contribution is 0.234. The zero-order chi connectivity index (χ0) is 14.5. The smallest absolute Gasteiger partial charge is 0.0369 e. The molecule has 0 saturated carbocycles. The maximum absolute atomic E-state index is 3.66. The normalized spacial score (nSPS) is 24.2. The van der Waals surface area contributed by atoms with Crippen molar-refractivity contribution < 1.29 is 0 Å². The second-order valence-electron chi connectivity index (χ2n) is 6.60. The second-order valence-corrected chi connectivity index (χ2v) is 6.60. The van der Waals surface area contributed by atoms with E-state index in [0.717, 1.165) is 6.04 Å². The summed E-state index contributed by atoms with van der Waals surface area (Å²) in [4.78, 5) is 5.17. The van der Waals surface area contributed by atoms with E-state index in [9.17, 15) is 0 Å². The quantitative estimate of drug-likeness (QED) is 0.918. The molecule has 2 aliphatic rings. The molecule has 1 aromatic rings. The van der Waals surface area contributed by atoms with Gasteiger partial charge in [0.1, 0.15) is 0 Å². The average molecular weight is 287 g/mol. The van der Waals surface area contributed by atoms with Gasteiger partial charge in [-0.3, -0.25) is 4.90 Å². The number of piperidine rings is 1. The minimum Gasteiger partial charge on any atom is -0.369 e. The van der Waals surface area contributed by atoms with Crippen LogP contribution in [0.5, 0.6) is 0 Å². The first-order valence-corrected chi connectivity index (χ1v) is 8.58. The largest absolute Gasteiger partial charge is 0.369 e. The van der Waals surface area contributed by atoms with Crippen LogP contribution in [0.1, 0.15) is 31.2 Å². The van der Waals surface area contributed by atoms with Crippen LogP contribution in [0.15, 0.2) is 24.3 Å². The predicted molar refractivity (Wildman–Crippen MR) is 90.1 cm³/mol. The summed E-state index contributed by atoms with van der Waals surface area (Å²) < 4.78 is 0. The molecule has 21 heavy (non-hydrogen) atoms. The summed E-state index contributed by atoms with van der Waals surface area (Å²) in [6.07, 6.45) is 5.48. The van der Waals surface area contributed by atoms with Crippen LogP contribution in [-0.2, 0) is 0 Å². The van der Waals surface area contributed by atoms with Gasteiger partial charge in [0, 0.05) is 37.9 Å². The van der Waals surface area contributed by atoms with E-state index >= 15 is 0 Å². The first-order chi connectivity index (χ1) is 10.3. The third kappa shape index (κ3) is 4.21. The molecular weight excluding hydrogens is 258 g/mol. The summed E-state index contributed by atoms with van der Waals surface area (Å²) >= 11 is 0. The fraction of sp³-hybridized carbons (Fsp3) is 0.667. The number of aryl methyl sites for hydroxylation is 1. The van der Waals surface area contributed by atoms with Gasteiger partial charge in [0.25, 0.3) is 0 Å². The molecule has 0 spiro atoms. The van der Waals surface area contributed by atoms with Crippen LogP contribution in [0.25, 0.3) is 0 Å². The maximum atomic E-state index is 3.66. The topological polar surface area (TPSA) is 18.5 Å². The Labute approximate surface area is 129 Å². The Morgan fingerprint density at radius 1 is 1.14 bits per heavy atom. The van der Waals surface area contributed by atoms with Crippen molar-refractivity contribution in [3.05, 3.63) is 29.8 Å². The van der Waals surface area contributed by atoms with Gasteiger partial charge < -0.3 is 10.2 Å². The van der Waals surface area contributed by atoms with Crippen molar-refractivity contribution in [2.45, 2.75) is 38.6 Å². The number of piperazine rings is 1. The zero-order valence-corrected chi connectivity index (χ0v) is 13.4. The number of nitrogens with one attached hydrogen (secondary N) is 1. The zero-order valence-electron chi connectivity index (χ0n) is 13.4. The van der Waals surface area contributed by atoms with Crippen molar-refractivity contribution in [1.29, 1.82) is 0 Å². The third-order valence-corrected chi connectivity index (χ3v) is 4.95. The molecule has 0 amide bonds. The van der Waals surface area contributed by atoms with Crippen molar-refractivity contribution in [2.24, 2.45) is 0 Å². The fourth-order valence-corrected chi connectivity index (χ4v) is 3.56. The van der Waals surface area contributed by atoms with E-state index in [1.165, 1.54) is 76.2 Å². The molecule has 1 atom stereocenters. The van der Waals surface area contributed by atoms with E-state index < -0.39 is 0 Å². The van der Waals surface area contributed by atoms with Gasteiger partial charge in [0.05, 0.1) is 0 Å². The number of benzene rings is 1. The molecule has 0 aromatic heterocycles. The standard InChI is InChI=1S/C18H29N3/c1-16-5-4-7-18(15-16)21-13-11-20(12-14-21)10-8-17-6-2-3-9-19-17/h4-5,7,15,17,19H,2-3,6,8-14H2,1H3. The molecule has 0 radical (unpaired) electrons. The Kier molecular flexibility index (Phi) is 5.15.